The Morgan fingerprint density at radius 3 is 2.45 bits per heavy atom. The molecule has 2 aromatic carbocycles. The Morgan fingerprint density at radius 2 is 1.60 bits per heavy atom. The Hall–Kier alpha value is -2.81. The predicted octanol–water partition coefficient (Wildman–Crippen LogP) is 3.68. The van der Waals surface area contributed by atoms with Crippen LogP contribution in [0.2, 0.25) is 0 Å². The van der Waals surface area contributed by atoms with E-state index in [1.165, 1.54) is 0 Å². The second-order valence-corrected chi connectivity index (χ2v) is 4.82. The Bertz CT molecular complexity index is 965. The highest BCUT2D eigenvalue weighted by Gasteiger charge is 2.12. The van der Waals surface area contributed by atoms with E-state index in [1.54, 1.807) is 0 Å². The minimum atomic E-state index is -0.0567. The Labute approximate surface area is 114 Å². The largest absolute Gasteiger partial charge is 0.360 e. The topological polar surface area (TPSA) is 48.6 Å². The molecule has 0 saturated carbocycles. The molecule has 0 aliphatic rings. The van der Waals surface area contributed by atoms with Gasteiger partial charge in [-0.2, -0.15) is 0 Å². The first kappa shape index (κ1) is 11.1. The van der Waals surface area contributed by atoms with Crippen LogP contribution in [0.5, 0.6) is 0 Å². The quantitative estimate of drug-likeness (QED) is 0.539. The minimum absolute atomic E-state index is 0.0567. The maximum Gasteiger partial charge on any atom is 0.258 e. The summed E-state index contributed by atoms with van der Waals surface area (Å²) < 4.78 is 0. The molecule has 2 N–H and O–H groups in total. The molecule has 20 heavy (non-hydrogen) atoms. The standard InChI is InChI=1S/C17H12N2O/c20-17-15-13(11-6-2-1-3-7-11)10-18-16(15)12-8-4-5-9-14(12)19-17/h1-10,18H,(H,19,20). The summed E-state index contributed by atoms with van der Waals surface area (Å²) in [7, 11) is 0. The van der Waals surface area contributed by atoms with E-state index in [9.17, 15) is 4.79 Å². The lowest BCUT2D eigenvalue weighted by Gasteiger charge is -2.01. The van der Waals surface area contributed by atoms with E-state index in [-0.39, 0.29) is 5.56 Å². The number of rotatable bonds is 1. The van der Waals surface area contributed by atoms with Gasteiger partial charge < -0.3 is 9.97 Å². The third-order valence-electron chi connectivity index (χ3n) is 3.64. The van der Waals surface area contributed by atoms with Crippen LogP contribution in [0.25, 0.3) is 32.9 Å². The van der Waals surface area contributed by atoms with E-state index in [1.807, 2.05) is 60.8 Å². The molecule has 0 aliphatic carbocycles. The van der Waals surface area contributed by atoms with Crippen LogP contribution in [0.1, 0.15) is 0 Å². The van der Waals surface area contributed by atoms with Crippen LogP contribution < -0.4 is 5.56 Å². The molecule has 0 fully saturated rings. The third kappa shape index (κ3) is 1.50. The summed E-state index contributed by atoms with van der Waals surface area (Å²) in [5.74, 6) is 0. The number of benzene rings is 2. The molecule has 0 amide bonds. The van der Waals surface area contributed by atoms with Gasteiger partial charge in [-0.25, -0.2) is 0 Å². The van der Waals surface area contributed by atoms with Crippen molar-refractivity contribution in [1.29, 1.82) is 0 Å². The molecule has 3 heteroatoms. The van der Waals surface area contributed by atoms with Crippen LogP contribution in [0.3, 0.4) is 0 Å². The SMILES string of the molecule is O=c1[nH]c2ccccc2c2[nH]cc(-c3ccccc3)c12. The first-order chi connectivity index (χ1) is 9.84. The van der Waals surface area contributed by atoms with Crippen molar-refractivity contribution in [3.05, 3.63) is 71.1 Å². The maximum atomic E-state index is 12.4. The second-order valence-electron chi connectivity index (χ2n) is 4.82. The summed E-state index contributed by atoms with van der Waals surface area (Å²) >= 11 is 0. The van der Waals surface area contributed by atoms with E-state index < -0.39 is 0 Å². The van der Waals surface area contributed by atoms with Crippen molar-refractivity contribution in [2.75, 3.05) is 0 Å². The molecule has 0 atom stereocenters. The summed E-state index contributed by atoms with van der Waals surface area (Å²) in [4.78, 5) is 18.6. The van der Waals surface area contributed by atoms with Crippen molar-refractivity contribution in [2.24, 2.45) is 0 Å². The molecule has 0 aliphatic heterocycles. The smallest absolute Gasteiger partial charge is 0.258 e. The van der Waals surface area contributed by atoms with E-state index in [2.05, 4.69) is 9.97 Å². The van der Waals surface area contributed by atoms with Gasteiger partial charge in [0.05, 0.1) is 16.4 Å². The van der Waals surface area contributed by atoms with E-state index in [4.69, 9.17) is 0 Å². The molecular formula is C17H12N2O. The zero-order valence-corrected chi connectivity index (χ0v) is 10.7. The van der Waals surface area contributed by atoms with Gasteiger partial charge >= 0.3 is 0 Å². The summed E-state index contributed by atoms with van der Waals surface area (Å²) in [6, 6.07) is 17.8. The molecule has 0 radical (unpaired) electrons. The van der Waals surface area contributed by atoms with Crippen molar-refractivity contribution in [3.63, 3.8) is 0 Å². The van der Waals surface area contributed by atoms with Gasteiger partial charge in [0.25, 0.3) is 5.56 Å². The van der Waals surface area contributed by atoms with Crippen molar-refractivity contribution in [1.82, 2.24) is 9.97 Å². The van der Waals surface area contributed by atoms with Crippen LogP contribution in [0.4, 0.5) is 0 Å². The van der Waals surface area contributed by atoms with Gasteiger partial charge in [-0.3, -0.25) is 4.79 Å². The highest BCUT2D eigenvalue weighted by atomic mass is 16.1. The number of H-pyrrole nitrogens is 2. The van der Waals surface area contributed by atoms with Crippen LogP contribution in [0.15, 0.2) is 65.6 Å². The molecule has 0 bridgehead atoms. The molecule has 2 aromatic heterocycles. The van der Waals surface area contributed by atoms with Gasteiger partial charge in [0, 0.05) is 17.1 Å². The molecular weight excluding hydrogens is 248 g/mol. The van der Waals surface area contributed by atoms with Gasteiger partial charge in [0.2, 0.25) is 0 Å². The fraction of sp³-hybridized carbons (Fsp3) is 0. The van der Waals surface area contributed by atoms with Gasteiger partial charge in [0.1, 0.15) is 0 Å². The zero-order valence-electron chi connectivity index (χ0n) is 10.7. The van der Waals surface area contributed by atoms with Crippen LogP contribution in [-0.2, 0) is 0 Å². The van der Waals surface area contributed by atoms with Crippen molar-refractivity contribution < 1.29 is 0 Å². The average molecular weight is 260 g/mol. The minimum Gasteiger partial charge on any atom is -0.360 e. The molecule has 4 aromatic rings. The number of hydrogen-bond donors (Lipinski definition) is 2. The van der Waals surface area contributed by atoms with E-state index in [0.717, 1.165) is 32.9 Å². The van der Waals surface area contributed by atoms with Gasteiger partial charge in [-0.1, -0.05) is 48.5 Å². The first-order valence-corrected chi connectivity index (χ1v) is 6.52. The number of para-hydroxylation sites is 1. The van der Waals surface area contributed by atoms with Crippen molar-refractivity contribution in [2.45, 2.75) is 0 Å². The lowest BCUT2D eigenvalue weighted by Crippen LogP contribution is -2.06. The monoisotopic (exact) mass is 260 g/mol. The third-order valence-corrected chi connectivity index (χ3v) is 3.64. The highest BCUT2D eigenvalue weighted by Crippen LogP contribution is 2.29. The molecule has 4 rings (SSSR count). The zero-order chi connectivity index (χ0) is 13.5. The molecule has 96 valence electrons. The number of hydrogen-bond acceptors (Lipinski definition) is 1. The fourth-order valence-corrected chi connectivity index (χ4v) is 2.71. The lowest BCUT2D eigenvalue weighted by atomic mass is 10.0. The van der Waals surface area contributed by atoms with Crippen LogP contribution in [0, 0.1) is 0 Å². The Morgan fingerprint density at radius 1 is 0.850 bits per heavy atom. The van der Waals surface area contributed by atoms with Crippen molar-refractivity contribution >= 4 is 21.8 Å². The molecule has 0 saturated heterocycles. The van der Waals surface area contributed by atoms with Crippen LogP contribution >= 0.6 is 0 Å². The second kappa shape index (κ2) is 4.10. The van der Waals surface area contributed by atoms with E-state index in [0.29, 0.717) is 0 Å². The molecule has 0 unspecified atom stereocenters. The Balaban J connectivity index is 2.16. The van der Waals surface area contributed by atoms with Crippen LogP contribution in [-0.4, -0.2) is 9.97 Å². The molecule has 3 nitrogen and oxygen atoms in total. The maximum absolute atomic E-state index is 12.4. The average Bonchev–Trinajstić information content (AvgIpc) is 2.94. The predicted molar refractivity (Wildman–Crippen MR) is 81.9 cm³/mol. The number of nitrogens with one attached hydrogen (secondary N) is 2. The van der Waals surface area contributed by atoms with Gasteiger partial charge in [0.15, 0.2) is 0 Å². The molecule has 0 spiro atoms. The van der Waals surface area contributed by atoms with Crippen molar-refractivity contribution in [3.8, 4) is 11.1 Å². The van der Waals surface area contributed by atoms with Gasteiger partial charge in [-0.15, -0.1) is 0 Å². The summed E-state index contributed by atoms with van der Waals surface area (Å²) in [5, 5.41) is 1.75. The normalized spacial score (nSPS) is 11.2. The number of fused-ring (bicyclic) bond motifs is 3. The molecule has 2 heterocycles. The summed E-state index contributed by atoms with van der Waals surface area (Å²) in [6.07, 6.45) is 1.90. The number of aromatic nitrogens is 2. The lowest BCUT2D eigenvalue weighted by molar-refractivity contribution is 1.34. The number of aromatic amines is 2. The van der Waals surface area contributed by atoms with E-state index >= 15 is 0 Å². The summed E-state index contributed by atoms with van der Waals surface area (Å²) in [5.41, 5.74) is 3.67. The Kier molecular flexibility index (Phi) is 2.27. The van der Waals surface area contributed by atoms with Gasteiger partial charge in [-0.05, 0) is 11.6 Å². The fourth-order valence-electron chi connectivity index (χ4n) is 2.71. The summed E-state index contributed by atoms with van der Waals surface area (Å²) in [6.45, 7) is 0. The highest BCUT2D eigenvalue weighted by molar-refractivity contribution is 6.08. The number of pyridine rings is 1. The first-order valence-electron chi connectivity index (χ1n) is 6.52.